The van der Waals surface area contributed by atoms with E-state index in [4.69, 9.17) is 4.98 Å². The fourth-order valence-corrected chi connectivity index (χ4v) is 3.10. The molecule has 2 heterocycles. The van der Waals surface area contributed by atoms with Crippen molar-refractivity contribution in [1.82, 2.24) is 14.9 Å². The molecule has 0 fully saturated rings. The zero-order valence-corrected chi connectivity index (χ0v) is 12.8. The van der Waals surface area contributed by atoms with Crippen molar-refractivity contribution in [3.63, 3.8) is 0 Å². The molecule has 1 aromatic carbocycles. The van der Waals surface area contributed by atoms with E-state index in [2.05, 4.69) is 55.8 Å². The quantitative estimate of drug-likeness (QED) is 0.906. The van der Waals surface area contributed by atoms with E-state index in [0.29, 0.717) is 6.04 Å². The number of nitrogens with zero attached hydrogens (tertiary/aromatic N) is 2. The van der Waals surface area contributed by atoms with Crippen molar-refractivity contribution in [3.8, 4) is 0 Å². The van der Waals surface area contributed by atoms with Crippen LogP contribution in [0.5, 0.6) is 0 Å². The number of aromatic nitrogens is 2. The molecule has 0 radical (unpaired) electrons. The van der Waals surface area contributed by atoms with E-state index in [0.717, 1.165) is 13.0 Å². The van der Waals surface area contributed by atoms with Crippen LogP contribution in [0.4, 0.5) is 0 Å². The number of nitrogens with one attached hydrogen (secondary N) is 1. The minimum Gasteiger partial charge on any atom is -0.332 e. The zero-order valence-electron chi connectivity index (χ0n) is 12.8. The van der Waals surface area contributed by atoms with Crippen LogP contribution in [-0.4, -0.2) is 16.1 Å². The van der Waals surface area contributed by atoms with Gasteiger partial charge < -0.3 is 9.88 Å². The topological polar surface area (TPSA) is 29.9 Å². The Labute approximate surface area is 121 Å². The first kappa shape index (κ1) is 13.4. The summed E-state index contributed by atoms with van der Waals surface area (Å²) < 4.78 is 2.31. The van der Waals surface area contributed by atoms with Crippen molar-refractivity contribution in [2.24, 2.45) is 0 Å². The van der Waals surface area contributed by atoms with E-state index < -0.39 is 0 Å². The van der Waals surface area contributed by atoms with Gasteiger partial charge in [-0.15, -0.1) is 0 Å². The highest BCUT2D eigenvalue weighted by Crippen LogP contribution is 2.31. The van der Waals surface area contributed by atoms with Crippen molar-refractivity contribution in [3.05, 3.63) is 52.6 Å². The van der Waals surface area contributed by atoms with E-state index in [1.165, 1.54) is 28.1 Å². The van der Waals surface area contributed by atoms with Gasteiger partial charge in [-0.3, -0.25) is 0 Å². The Kier molecular flexibility index (Phi) is 3.38. The summed E-state index contributed by atoms with van der Waals surface area (Å²) in [5.74, 6) is 0. The Morgan fingerprint density at radius 2 is 2.10 bits per heavy atom. The van der Waals surface area contributed by atoms with Crippen LogP contribution in [0.2, 0.25) is 0 Å². The molecule has 0 amide bonds. The number of benzene rings is 1. The second-order valence-electron chi connectivity index (χ2n) is 6.07. The predicted molar refractivity (Wildman–Crippen MR) is 82.1 cm³/mol. The molecule has 2 aromatic rings. The van der Waals surface area contributed by atoms with Crippen molar-refractivity contribution in [2.45, 2.75) is 46.2 Å². The maximum atomic E-state index is 4.71. The average Bonchev–Trinajstić information content (AvgIpc) is 2.85. The molecular weight excluding hydrogens is 246 g/mol. The molecule has 20 heavy (non-hydrogen) atoms. The maximum Gasteiger partial charge on any atom is 0.0954 e. The fraction of sp³-hybridized carbons (Fsp3) is 0.471. The molecular formula is C17H23N3. The van der Waals surface area contributed by atoms with Crippen LogP contribution in [0.25, 0.3) is 0 Å². The third-order valence-corrected chi connectivity index (χ3v) is 4.21. The molecule has 0 spiro atoms. The first-order chi connectivity index (χ1) is 9.58. The highest BCUT2D eigenvalue weighted by molar-refractivity contribution is 5.39. The number of hydrogen-bond donors (Lipinski definition) is 1. The molecule has 0 aliphatic carbocycles. The smallest absolute Gasteiger partial charge is 0.0954 e. The van der Waals surface area contributed by atoms with Crippen LogP contribution >= 0.6 is 0 Å². The number of hydrogen-bond acceptors (Lipinski definition) is 2. The molecule has 1 aliphatic heterocycles. The summed E-state index contributed by atoms with van der Waals surface area (Å²) in [6, 6.07) is 7.38. The van der Waals surface area contributed by atoms with Gasteiger partial charge in [-0.05, 0) is 38.8 Å². The summed E-state index contributed by atoms with van der Waals surface area (Å²) in [4.78, 5) is 4.71. The lowest BCUT2D eigenvalue weighted by atomic mass is 9.93. The minimum absolute atomic E-state index is 0.235. The van der Waals surface area contributed by atoms with E-state index >= 15 is 0 Å². The lowest BCUT2D eigenvalue weighted by Gasteiger charge is -2.27. The molecule has 3 rings (SSSR count). The van der Waals surface area contributed by atoms with E-state index in [1.54, 1.807) is 0 Å². The Hall–Kier alpha value is -1.61. The molecule has 3 heteroatoms. The highest BCUT2D eigenvalue weighted by Gasteiger charge is 2.27. The molecule has 0 saturated heterocycles. The zero-order chi connectivity index (χ0) is 14.3. The van der Waals surface area contributed by atoms with Crippen molar-refractivity contribution in [2.75, 3.05) is 6.54 Å². The van der Waals surface area contributed by atoms with Gasteiger partial charge in [0.25, 0.3) is 0 Å². The Morgan fingerprint density at radius 3 is 2.85 bits per heavy atom. The van der Waals surface area contributed by atoms with Crippen LogP contribution in [0.15, 0.2) is 24.5 Å². The molecule has 1 aliphatic rings. The largest absolute Gasteiger partial charge is 0.332 e. The van der Waals surface area contributed by atoms with Crippen LogP contribution in [0, 0.1) is 13.8 Å². The minimum atomic E-state index is 0.235. The molecule has 0 bridgehead atoms. The summed E-state index contributed by atoms with van der Waals surface area (Å²) in [7, 11) is 0. The lowest BCUT2D eigenvalue weighted by molar-refractivity contribution is 0.511. The van der Waals surface area contributed by atoms with Gasteiger partial charge in [-0.1, -0.05) is 23.8 Å². The fourth-order valence-electron chi connectivity index (χ4n) is 3.10. The summed E-state index contributed by atoms with van der Waals surface area (Å²) >= 11 is 0. The van der Waals surface area contributed by atoms with E-state index in [1.807, 2.05) is 6.33 Å². The van der Waals surface area contributed by atoms with Gasteiger partial charge >= 0.3 is 0 Å². The van der Waals surface area contributed by atoms with Gasteiger partial charge in [-0.2, -0.15) is 0 Å². The van der Waals surface area contributed by atoms with Gasteiger partial charge in [-0.25, -0.2) is 4.98 Å². The van der Waals surface area contributed by atoms with Crippen LogP contribution < -0.4 is 5.32 Å². The second kappa shape index (κ2) is 5.06. The highest BCUT2D eigenvalue weighted by atomic mass is 15.1. The molecule has 1 unspecified atom stereocenters. The number of rotatable bonds is 2. The number of aryl methyl sites for hydroxylation is 2. The van der Waals surface area contributed by atoms with Gasteiger partial charge in [0.1, 0.15) is 0 Å². The normalized spacial score (nSPS) is 18.4. The first-order valence-corrected chi connectivity index (χ1v) is 7.44. The molecule has 3 nitrogen and oxygen atoms in total. The Bertz CT molecular complexity index is 625. The van der Waals surface area contributed by atoms with Gasteiger partial charge in [0, 0.05) is 24.7 Å². The molecule has 106 valence electrons. The Balaban J connectivity index is 2.08. The van der Waals surface area contributed by atoms with Crippen LogP contribution in [0.3, 0.4) is 0 Å². The van der Waals surface area contributed by atoms with E-state index in [9.17, 15) is 0 Å². The lowest BCUT2D eigenvalue weighted by Crippen LogP contribution is -2.32. The van der Waals surface area contributed by atoms with Crippen LogP contribution in [-0.2, 0) is 6.42 Å². The third kappa shape index (κ3) is 2.16. The summed E-state index contributed by atoms with van der Waals surface area (Å²) in [5, 5.41) is 3.64. The third-order valence-electron chi connectivity index (χ3n) is 4.21. The van der Waals surface area contributed by atoms with Gasteiger partial charge in [0.15, 0.2) is 0 Å². The summed E-state index contributed by atoms with van der Waals surface area (Å²) in [6.07, 6.45) is 3.06. The Morgan fingerprint density at radius 1 is 1.30 bits per heavy atom. The summed E-state index contributed by atoms with van der Waals surface area (Å²) in [5.41, 5.74) is 6.60. The molecule has 1 aromatic heterocycles. The van der Waals surface area contributed by atoms with Crippen molar-refractivity contribution in [1.29, 1.82) is 0 Å². The summed E-state index contributed by atoms with van der Waals surface area (Å²) in [6.45, 7) is 9.79. The second-order valence-corrected chi connectivity index (χ2v) is 6.07. The van der Waals surface area contributed by atoms with Crippen molar-refractivity contribution < 1.29 is 0 Å². The average molecular weight is 269 g/mol. The molecule has 1 N–H and O–H groups in total. The number of fused-ring (bicyclic) bond motifs is 1. The molecule has 0 saturated carbocycles. The first-order valence-electron chi connectivity index (χ1n) is 7.44. The van der Waals surface area contributed by atoms with Crippen LogP contribution in [0.1, 0.15) is 54.0 Å². The van der Waals surface area contributed by atoms with E-state index in [-0.39, 0.29) is 6.04 Å². The van der Waals surface area contributed by atoms with Gasteiger partial charge in [0.05, 0.1) is 18.1 Å². The predicted octanol–water partition coefficient (Wildman–Crippen LogP) is 3.32. The maximum absolute atomic E-state index is 4.71. The van der Waals surface area contributed by atoms with Crippen molar-refractivity contribution >= 4 is 0 Å². The SMILES string of the molecule is Cc1ccc(C)c(C2NCCc3c2ncn3C(C)C)c1. The number of imidazole rings is 1. The van der Waals surface area contributed by atoms with Gasteiger partial charge in [0.2, 0.25) is 0 Å². The standard InChI is InChI=1S/C17H23N3/c1-11(2)20-10-19-17-15(20)7-8-18-16(17)14-9-12(3)5-6-13(14)4/h5-6,9-11,16,18H,7-8H2,1-4H3. The molecule has 1 atom stereocenters. The monoisotopic (exact) mass is 269 g/mol.